The third kappa shape index (κ3) is 3.44. The van der Waals surface area contributed by atoms with Crippen molar-refractivity contribution in [2.75, 3.05) is 13.1 Å². The van der Waals surface area contributed by atoms with Crippen LogP contribution in [0, 0.1) is 17.7 Å². The van der Waals surface area contributed by atoms with Crippen LogP contribution in [0.4, 0.5) is 4.39 Å². The van der Waals surface area contributed by atoms with E-state index in [1.807, 2.05) is 0 Å². The second-order valence-corrected chi connectivity index (χ2v) is 8.07. The van der Waals surface area contributed by atoms with Crippen LogP contribution < -0.4 is 0 Å². The molecule has 2 atom stereocenters. The SMILES string of the molecule is CC1CC(C(=O)O)CN(S(=O)(=O)c2ccc(Br)c(F)c2)C1. The van der Waals surface area contributed by atoms with Gasteiger partial charge in [0.1, 0.15) is 5.82 Å². The second-order valence-electron chi connectivity index (χ2n) is 5.27. The van der Waals surface area contributed by atoms with Gasteiger partial charge in [-0.1, -0.05) is 6.92 Å². The molecule has 1 heterocycles. The molecule has 0 amide bonds. The number of benzene rings is 1. The standard InChI is InChI=1S/C13H15BrFNO4S/c1-8-4-9(13(17)18)7-16(6-8)21(19,20)10-2-3-11(14)12(15)5-10/h2-3,5,8-9H,4,6-7H2,1H3,(H,17,18). The van der Waals surface area contributed by atoms with E-state index in [0.717, 1.165) is 10.4 Å². The Balaban J connectivity index is 2.33. The zero-order valence-electron chi connectivity index (χ0n) is 11.3. The smallest absolute Gasteiger partial charge is 0.307 e. The number of carbonyl (C=O) groups is 1. The van der Waals surface area contributed by atoms with Gasteiger partial charge in [-0.2, -0.15) is 4.31 Å². The molecule has 1 aromatic rings. The van der Waals surface area contributed by atoms with Crippen molar-refractivity contribution in [2.45, 2.75) is 18.2 Å². The van der Waals surface area contributed by atoms with E-state index in [1.54, 1.807) is 6.92 Å². The highest BCUT2D eigenvalue weighted by Gasteiger charge is 2.36. The molecule has 8 heteroatoms. The summed E-state index contributed by atoms with van der Waals surface area (Å²) < 4.78 is 39.9. The van der Waals surface area contributed by atoms with Gasteiger partial charge in [0.05, 0.1) is 15.3 Å². The average molecular weight is 380 g/mol. The highest BCUT2D eigenvalue weighted by molar-refractivity contribution is 9.10. The van der Waals surface area contributed by atoms with Gasteiger partial charge in [-0.3, -0.25) is 4.79 Å². The molecule has 0 aromatic heterocycles. The summed E-state index contributed by atoms with van der Waals surface area (Å²) in [4.78, 5) is 11.0. The lowest BCUT2D eigenvalue weighted by molar-refractivity contribution is -0.143. The lowest BCUT2D eigenvalue weighted by Crippen LogP contribution is -2.45. The van der Waals surface area contributed by atoms with Crippen molar-refractivity contribution in [2.24, 2.45) is 11.8 Å². The van der Waals surface area contributed by atoms with Crippen LogP contribution in [0.1, 0.15) is 13.3 Å². The minimum absolute atomic E-state index is 0.0603. The number of hydrogen-bond donors (Lipinski definition) is 1. The van der Waals surface area contributed by atoms with E-state index in [1.165, 1.54) is 12.1 Å². The maximum Gasteiger partial charge on any atom is 0.307 e. The number of aliphatic carboxylic acids is 1. The molecule has 1 N–H and O–H groups in total. The molecule has 0 aliphatic carbocycles. The van der Waals surface area contributed by atoms with Crippen LogP contribution in [0.15, 0.2) is 27.6 Å². The number of piperidine rings is 1. The van der Waals surface area contributed by atoms with Gasteiger partial charge < -0.3 is 5.11 Å². The molecule has 0 radical (unpaired) electrons. The first-order valence-corrected chi connectivity index (χ1v) is 8.63. The fourth-order valence-electron chi connectivity index (χ4n) is 2.46. The normalized spacial score (nSPS) is 24.0. The first kappa shape index (κ1) is 16.4. The van der Waals surface area contributed by atoms with Gasteiger partial charge in [-0.15, -0.1) is 0 Å². The topological polar surface area (TPSA) is 74.7 Å². The van der Waals surface area contributed by atoms with Crippen LogP contribution in [0.2, 0.25) is 0 Å². The van der Waals surface area contributed by atoms with E-state index >= 15 is 0 Å². The Kier molecular flexibility index (Phi) is 4.69. The van der Waals surface area contributed by atoms with E-state index in [4.69, 9.17) is 5.11 Å². The first-order chi connectivity index (χ1) is 9.71. The lowest BCUT2D eigenvalue weighted by atomic mass is 9.92. The van der Waals surface area contributed by atoms with Gasteiger partial charge in [-0.05, 0) is 46.5 Å². The summed E-state index contributed by atoms with van der Waals surface area (Å²) in [7, 11) is -3.89. The molecule has 2 rings (SSSR count). The van der Waals surface area contributed by atoms with Crippen LogP contribution >= 0.6 is 15.9 Å². The maximum atomic E-state index is 13.5. The zero-order chi connectivity index (χ0) is 15.8. The Morgan fingerprint density at radius 3 is 2.67 bits per heavy atom. The minimum atomic E-state index is -3.89. The van der Waals surface area contributed by atoms with E-state index in [0.29, 0.717) is 6.42 Å². The van der Waals surface area contributed by atoms with Crippen molar-refractivity contribution in [1.29, 1.82) is 0 Å². The molecule has 0 spiro atoms. The molecular formula is C13H15BrFNO4S. The minimum Gasteiger partial charge on any atom is -0.481 e. The molecule has 0 saturated carbocycles. The Morgan fingerprint density at radius 1 is 1.43 bits per heavy atom. The summed E-state index contributed by atoms with van der Waals surface area (Å²) in [5, 5.41) is 9.10. The lowest BCUT2D eigenvalue weighted by Gasteiger charge is -2.33. The fraction of sp³-hybridized carbons (Fsp3) is 0.462. The van der Waals surface area contributed by atoms with Crippen molar-refractivity contribution in [3.63, 3.8) is 0 Å². The molecule has 21 heavy (non-hydrogen) atoms. The quantitative estimate of drug-likeness (QED) is 0.874. The summed E-state index contributed by atoms with van der Waals surface area (Å²) >= 11 is 2.97. The van der Waals surface area contributed by atoms with Gasteiger partial charge in [0.25, 0.3) is 0 Å². The van der Waals surface area contributed by atoms with Crippen LogP contribution in [0.5, 0.6) is 0 Å². The van der Waals surface area contributed by atoms with E-state index in [2.05, 4.69) is 15.9 Å². The molecule has 1 aromatic carbocycles. The Labute approximate surface area is 130 Å². The third-order valence-electron chi connectivity index (χ3n) is 3.50. The predicted octanol–water partition coefficient (Wildman–Crippen LogP) is 2.32. The predicted molar refractivity (Wildman–Crippen MR) is 77.8 cm³/mol. The van der Waals surface area contributed by atoms with Gasteiger partial charge in [0.2, 0.25) is 10.0 Å². The summed E-state index contributed by atoms with van der Waals surface area (Å²) in [6.45, 7) is 1.96. The monoisotopic (exact) mass is 379 g/mol. The summed E-state index contributed by atoms with van der Waals surface area (Å²) in [5.41, 5.74) is 0. The molecule has 5 nitrogen and oxygen atoms in total. The summed E-state index contributed by atoms with van der Waals surface area (Å²) in [5.74, 6) is -2.47. The summed E-state index contributed by atoms with van der Waals surface area (Å²) in [6.07, 6.45) is 0.441. The van der Waals surface area contributed by atoms with Crippen molar-refractivity contribution in [3.05, 3.63) is 28.5 Å². The number of hydrogen-bond acceptors (Lipinski definition) is 3. The number of carboxylic acid groups (broad SMARTS) is 1. The Morgan fingerprint density at radius 2 is 2.10 bits per heavy atom. The molecular weight excluding hydrogens is 365 g/mol. The Hall–Kier alpha value is -0.990. The van der Waals surface area contributed by atoms with Crippen LogP contribution in [0.3, 0.4) is 0 Å². The number of nitrogens with zero attached hydrogens (tertiary/aromatic N) is 1. The van der Waals surface area contributed by atoms with Gasteiger partial charge in [0, 0.05) is 13.1 Å². The van der Waals surface area contributed by atoms with E-state index in [-0.39, 0.29) is 28.4 Å². The third-order valence-corrected chi connectivity index (χ3v) is 5.98. The van der Waals surface area contributed by atoms with E-state index in [9.17, 15) is 17.6 Å². The van der Waals surface area contributed by atoms with Crippen molar-refractivity contribution < 1.29 is 22.7 Å². The molecule has 1 aliphatic heterocycles. The van der Waals surface area contributed by atoms with Crippen LogP contribution in [-0.4, -0.2) is 36.9 Å². The molecule has 1 aliphatic rings. The van der Waals surface area contributed by atoms with Crippen LogP contribution in [-0.2, 0) is 14.8 Å². The molecule has 1 fully saturated rings. The van der Waals surface area contributed by atoms with Crippen molar-refractivity contribution >= 4 is 31.9 Å². The number of carboxylic acids is 1. The van der Waals surface area contributed by atoms with Gasteiger partial charge >= 0.3 is 5.97 Å². The average Bonchev–Trinajstić information content (AvgIpc) is 2.41. The summed E-state index contributed by atoms with van der Waals surface area (Å²) in [6, 6.07) is 3.57. The van der Waals surface area contributed by atoms with Crippen molar-refractivity contribution in [3.8, 4) is 0 Å². The zero-order valence-corrected chi connectivity index (χ0v) is 13.7. The highest BCUT2D eigenvalue weighted by Crippen LogP contribution is 2.28. The Bertz CT molecular complexity index is 664. The van der Waals surface area contributed by atoms with E-state index < -0.39 is 27.7 Å². The largest absolute Gasteiger partial charge is 0.481 e. The fourth-order valence-corrected chi connectivity index (χ4v) is 4.33. The number of halogens is 2. The molecule has 0 bridgehead atoms. The van der Waals surface area contributed by atoms with Gasteiger partial charge in [0.15, 0.2) is 0 Å². The number of rotatable bonds is 3. The first-order valence-electron chi connectivity index (χ1n) is 6.40. The number of sulfonamides is 1. The molecule has 2 unspecified atom stereocenters. The van der Waals surface area contributed by atoms with Crippen LogP contribution in [0.25, 0.3) is 0 Å². The molecule has 116 valence electrons. The second kappa shape index (κ2) is 6.02. The highest BCUT2D eigenvalue weighted by atomic mass is 79.9. The van der Waals surface area contributed by atoms with Gasteiger partial charge in [-0.25, -0.2) is 12.8 Å². The maximum absolute atomic E-state index is 13.5. The molecule has 1 saturated heterocycles. The van der Waals surface area contributed by atoms with Crippen molar-refractivity contribution in [1.82, 2.24) is 4.31 Å².